The molecule has 0 radical (unpaired) electrons. The number of aliphatic hydroxyl groups is 1. The van der Waals surface area contributed by atoms with Gasteiger partial charge >= 0.3 is 0 Å². The Labute approximate surface area is 129 Å². The largest absolute Gasteiger partial charge is 0.393 e. The van der Waals surface area contributed by atoms with E-state index in [-0.39, 0.29) is 17.9 Å². The first-order chi connectivity index (χ1) is 10.5. The lowest BCUT2D eigenvalue weighted by Crippen LogP contribution is -2.29. The van der Waals surface area contributed by atoms with Crippen molar-refractivity contribution in [2.75, 3.05) is 6.54 Å². The minimum atomic E-state index is -0.364. The molecule has 2 N–H and O–H groups in total. The van der Waals surface area contributed by atoms with E-state index >= 15 is 0 Å². The van der Waals surface area contributed by atoms with E-state index in [2.05, 4.69) is 15.5 Å². The number of aryl methyl sites for hydroxylation is 1. The Balaban J connectivity index is 2.01. The molecule has 0 aliphatic rings. The smallest absolute Gasteiger partial charge is 0.251 e. The Kier molecular flexibility index (Phi) is 5.27. The van der Waals surface area contributed by atoms with Crippen molar-refractivity contribution in [2.24, 2.45) is 5.92 Å². The maximum atomic E-state index is 12.2. The molecule has 1 aromatic carbocycles. The van der Waals surface area contributed by atoms with Gasteiger partial charge in [0.05, 0.1) is 6.10 Å². The van der Waals surface area contributed by atoms with Crippen molar-refractivity contribution < 1.29 is 14.4 Å². The highest BCUT2D eigenvalue weighted by Gasteiger charge is 2.12. The van der Waals surface area contributed by atoms with E-state index in [0.717, 1.165) is 5.56 Å². The number of nitrogens with one attached hydrogen (secondary N) is 1. The van der Waals surface area contributed by atoms with Crippen LogP contribution >= 0.6 is 0 Å². The first-order valence-electron chi connectivity index (χ1n) is 7.32. The molecule has 0 aliphatic carbocycles. The lowest BCUT2D eigenvalue weighted by Gasteiger charge is -2.14. The molecule has 118 valence electrons. The molecule has 1 amide bonds. The number of aliphatic hydroxyl groups excluding tert-OH is 1. The number of benzene rings is 1. The summed E-state index contributed by atoms with van der Waals surface area (Å²) < 4.78 is 4.95. The average molecular weight is 303 g/mol. The average Bonchev–Trinajstić information content (AvgIpc) is 2.91. The van der Waals surface area contributed by atoms with Crippen LogP contribution in [0.1, 0.15) is 36.5 Å². The number of rotatable bonds is 6. The van der Waals surface area contributed by atoms with Crippen LogP contribution in [-0.2, 0) is 0 Å². The molecule has 2 unspecified atom stereocenters. The highest BCUT2D eigenvalue weighted by Crippen LogP contribution is 2.17. The van der Waals surface area contributed by atoms with Crippen LogP contribution in [0, 0.1) is 12.8 Å². The van der Waals surface area contributed by atoms with E-state index in [4.69, 9.17) is 4.52 Å². The van der Waals surface area contributed by atoms with Gasteiger partial charge in [0.25, 0.3) is 5.91 Å². The zero-order chi connectivity index (χ0) is 16.1. The van der Waals surface area contributed by atoms with E-state index in [1.165, 1.54) is 0 Å². The molecule has 0 bridgehead atoms. The third-order valence-corrected chi connectivity index (χ3v) is 3.27. The van der Waals surface area contributed by atoms with Crippen molar-refractivity contribution in [3.63, 3.8) is 0 Å². The van der Waals surface area contributed by atoms with Crippen LogP contribution in [0.2, 0.25) is 0 Å². The molecule has 0 saturated carbocycles. The first kappa shape index (κ1) is 16.2. The Hall–Kier alpha value is -2.21. The van der Waals surface area contributed by atoms with Gasteiger partial charge in [-0.2, -0.15) is 4.98 Å². The first-order valence-corrected chi connectivity index (χ1v) is 7.32. The highest BCUT2D eigenvalue weighted by atomic mass is 16.5. The van der Waals surface area contributed by atoms with Gasteiger partial charge in [0.15, 0.2) is 0 Å². The minimum Gasteiger partial charge on any atom is -0.393 e. The fourth-order valence-corrected chi connectivity index (χ4v) is 2.25. The second-order valence-corrected chi connectivity index (χ2v) is 5.62. The zero-order valence-electron chi connectivity index (χ0n) is 13.0. The summed E-state index contributed by atoms with van der Waals surface area (Å²) in [6.07, 6.45) is 0.291. The van der Waals surface area contributed by atoms with Crippen molar-refractivity contribution >= 4 is 5.91 Å². The number of hydrogen-bond donors (Lipinski definition) is 2. The number of amides is 1. The summed E-state index contributed by atoms with van der Waals surface area (Å²) in [6.45, 7) is 5.98. The van der Waals surface area contributed by atoms with Crippen LogP contribution in [0.15, 0.2) is 28.8 Å². The molecule has 0 spiro atoms. The predicted octanol–water partition coefficient (Wildman–Crippen LogP) is 2.18. The number of carbonyl (C=O) groups excluding carboxylic acids is 1. The van der Waals surface area contributed by atoms with Crippen LogP contribution in [0.25, 0.3) is 11.4 Å². The predicted molar refractivity (Wildman–Crippen MR) is 82.3 cm³/mol. The van der Waals surface area contributed by atoms with E-state index in [0.29, 0.717) is 30.2 Å². The number of nitrogens with zero attached hydrogens (tertiary/aromatic N) is 2. The Morgan fingerprint density at radius 2 is 2.18 bits per heavy atom. The Bertz CT molecular complexity index is 637. The Morgan fingerprint density at radius 1 is 1.41 bits per heavy atom. The highest BCUT2D eigenvalue weighted by molar-refractivity contribution is 5.95. The monoisotopic (exact) mass is 303 g/mol. The van der Waals surface area contributed by atoms with Crippen LogP contribution in [-0.4, -0.2) is 33.8 Å². The summed E-state index contributed by atoms with van der Waals surface area (Å²) in [5.41, 5.74) is 1.28. The van der Waals surface area contributed by atoms with E-state index < -0.39 is 0 Å². The second-order valence-electron chi connectivity index (χ2n) is 5.62. The van der Waals surface area contributed by atoms with Crippen LogP contribution in [0.4, 0.5) is 0 Å². The Morgan fingerprint density at radius 3 is 2.82 bits per heavy atom. The van der Waals surface area contributed by atoms with Crippen molar-refractivity contribution in [3.05, 3.63) is 35.7 Å². The molecule has 0 aliphatic heterocycles. The van der Waals surface area contributed by atoms with Gasteiger partial charge in [-0.1, -0.05) is 24.2 Å². The number of carbonyl (C=O) groups is 1. The van der Waals surface area contributed by atoms with Gasteiger partial charge in [-0.3, -0.25) is 4.79 Å². The van der Waals surface area contributed by atoms with Gasteiger partial charge in [0.2, 0.25) is 11.7 Å². The summed E-state index contributed by atoms with van der Waals surface area (Å²) in [5, 5.41) is 16.1. The van der Waals surface area contributed by atoms with Crippen LogP contribution in [0.5, 0.6) is 0 Å². The minimum absolute atomic E-state index is 0.153. The third-order valence-electron chi connectivity index (χ3n) is 3.27. The van der Waals surface area contributed by atoms with E-state index in [9.17, 15) is 9.90 Å². The van der Waals surface area contributed by atoms with Gasteiger partial charge in [-0.15, -0.1) is 0 Å². The van der Waals surface area contributed by atoms with Crippen molar-refractivity contribution in [1.82, 2.24) is 15.5 Å². The maximum Gasteiger partial charge on any atom is 0.251 e. The van der Waals surface area contributed by atoms with Gasteiger partial charge in [0, 0.05) is 24.6 Å². The van der Waals surface area contributed by atoms with Gasteiger partial charge in [0.1, 0.15) is 0 Å². The molecule has 0 fully saturated rings. The van der Waals surface area contributed by atoms with Gasteiger partial charge in [-0.05, 0) is 31.4 Å². The fourth-order valence-electron chi connectivity index (χ4n) is 2.25. The molecule has 6 heteroatoms. The van der Waals surface area contributed by atoms with E-state index in [1.54, 1.807) is 32.0 Å². The SMILES string of the molecule is Cc1nc(-c2cccc(C(=O)NCC(C)CC(C)O)c2)no1. The molecule has 2 atom stereocenters. The van der Waals surface area contributed by atoms with E-state index in [1.807, 2.05) is 13.0 Å². The molecular formula is C16H21N3O3. The number of hydrogen-bond acceptors (Lipinski definition) is 5. The van der Waals surface area contributed by atoms with Crippen molar-refractivity contribution in [1.29, 1.82) is 0 Å². The van der Waals surface area contributed by atoms with Crippen LogP contribution in [0.3, 0.4) is 0 Å². The van der Waals surface area contributed by atoms with Crippen LogP contribution < -0.4 is 5.32 Å². The lowest BCUT2D eigenvalue weighted by atomic mass is 10.0. The fraction of sp³-hybridized carbons (Fsp3) is 0.438. The lowest BCUT2D eigenvalue weighted by molar-refractivity contribution is 0.0939. The maximum absolute atomic E-state index is 12.2. The molecule has 0 saturated heterocycles. The molecular weight excluding hydrogens is 282 g/mol. The molecule has 2 aromatic rings. The molecule has 2 rings (SSSR count). The molecule has 22 heavy (non-hydrogen) atoms. The molecule has 6 nitrogen and oxygen atoms in total. The summed E-state index contributed by atoms with van der Waals surface area (Å²) in [7, 11) is 0. The molecule has 1 aromatic heterocycles. The summed E-state index contributed by atoms with van der Waals surface area (Å²) in [5.74, 6) is 1.01. The van der Waals surface area contributed by atoms with Crippen molar-refractivity contribution in [3.8, 4) is 11.4 Å². The summed E-state index contributed by atoms with van der Waals surface area (Å²) in [6, 6.07) is 7.09. The van der Waals surface area contributed by atoms with Crippen molar-refractivity contribution in [2.45, 2.75) is 33.3 Å². The summed E-state index contributed by atoms with van der Waals surface area (Å²) >= 11 is 0. The molecule has 1 heterocycles. The topological polar surface area (TPSA) is 88.2 Å². The van der Waals surface area contributed by atoms with Gasteiger partial charge in [-0.25, -0.2) is 0 Å². The standard InChI is InChI=1S/C16H21N3O3/c1-10(7-11(2)20)9-17-16(21)14-6-4-5-13(8-14)15-18-12(3)22-19-15/h4-6,8,10-11,20H,7,9H2,1-3H3,(H,17,21). The normalized spacial score (nSPS) is 13.6. The zero-order valence-corrected chi connectivity index (χ0v) is 13.0. The quantitative estimate of drug-likeness (QED) is 0.854. The van der Waals surface area contributed by atoms with Gasteiger partial charge < -0.3 is 14.9 Å². The number of aromatic nitrogens is 2. The third kappa shape index (κ3) is 4.39. The summed E-state index contributed by atoms with van der Waals surface area (Å²) in [4.78, 5) is 16.3. The second kappa shape index (κ2) is 7.17.